The van der Waals surface area contributed by atoms with E-state index in [9.17, 15) is 5.26 Å². The van der Waals surface area contributed by atoms with E-state index < -0.39 is 24.4 Å². The number of aromatic nitrogens is 19. The fourth-order valence-corrected chi connectivity index (χ4v) is 17.4. The fraction of sp³-hybridized carbons (Fsp3) is 0.278. The van der Waals surface area contributed by atoms with Crippen LogP contribution in [-0.2, 0) is 18.6 Å². The number of benzene rings is 8. The Balaban J connectivity index is 0.000000136. The number of H-pyrrole nitrogens is 3. The first-order valence-corrected chi connectivity index (χ1v) is 48.5. The fourth-order valence-electron chi connectivity index (χ4n) is 13.6. The number of nitrogens with one attached hydrogen (secondary N) is 4. The van der Waals surface area contributed by atoms with Gasteiger partial charge in [-0.05, 0) is 205 Å². The molecule has 11 heterocycles. The van der Waals surface area contributed by atoms with Crippen molar-refractivity contribution < 1.29 is 61.2 Å². The summed E-state index contributed by atoms with van der Waals surface area (Å²) >= 11 is 30.5. The highest BCUT2D eigenvalue weighted by molar-refractivity contribution is 9.11. The van der Waals surface area contributed by atoms with Crippen LogP contribution in [0.5, 0.6) is 51.7 Å². The summed E-state index contributed by atoms with van der Waals surface area (Å²) in [6.07, 6.45) is 4.87. The van der Waals surface area contributed by atoms with Crippen molar-refractivity contribution in [3.63, 3.8) is 0 Å². The summed E-state index contributed by atoms with van der Waals surface area (Å²) in [6.45, 7) is 18.1. The van der Waals surface area contributed by atoms with Gasteiger partial charge in [0.05, 0.1) is 110 Å². The smallest absolute Gasteiger partial charge is 0.493 e. The monoisotopic (exact) mass is 2180 g/mol. The number of aryl methyl sites for hydroxylation is 1. The lowest BCUT2D eigenvalue weighted by atomic mass is 9.78. The van der Waals surface area contributed by atoms with Gasteiger partial charge in [0.1, 0.15) is 17.7 Å². The van der Waals surface area contributed by atoms with Crippen molar-refractivity contribution in [2.24, 2.45) is 15.3 Å². The number of halogens is 3. The van der Waals surface area contributed by atoms with E-state index in [4.69, 9.17) is 109 Å². The molecule has 2 saturated heterocycles. The summed E-state index contributed by atoms with van der Waals surface area (Å²) in [7, 11) is 13.1. The Morgan fingerprint density at radius 3 is 1.38 bits per heavy atom. The summed E-state index contributed by atoms with van der Waals surface area (Å²) in [5, 5.41) is 75.2. The van der Waals surface area contributed by atoms with Gasteiger partial charge in [0, 0.05) is 47.2 Å². The summed E-state index contributed by atoms with van der Waals surface area (Å²) in [6, 6.07) is 52.0. The van der Waals surface area contributed by atoms with Gasteiger partial charge in [0.15, 0.2) is 63.8 Å². The third kappa shape index (κ3) is 23.3. The van der Waals surface area contributed by atoms with Gasteiger partial charge in [-0.25, -0.2) is 19.5 Å². The van der Waals surface area contributed by atoms with Gasteiger partial charge in [-0.15, -0.1) is 30.6 Å². The molecule has 6 N–H and O–H groups in total. The molecule has 139 heavy (non-hydrogen) atoms. The van der Waals surface area contributed by atoms with Crippen LogP contribution in [0.25, 0.3) is 49.7 Å². The van der Waals surface area contributed by atoms with Crippen molar-refractivity contribution in [1.29, 1.82) is 5.26 Å². The lowest BCUT2D eigenvalue weighted by molar-refractivity contribution is 0.00578. The SMILES string of the molecule is Brc1ccc(C2=Nn3cnnc3SC2)cc1.CC1(C)OB(c2ccc(/C=N\n3cn[nH]c3=S)cc2)OC1(C)C.COc1cc(-c2n[nH]c(=S)n2N)cc(OC)c1OC.COc1cc(-c2n[nH]c(=S)n2NC(C#N)c2ccc(B3OC(C)(C)C(C)(C)O3)cc2)cc(OC)c1OC.COc1cc(-c2nnc3n2N=C(c2ccc(Br)cc2)CS3)cc(OC)c1OC.Cc1nnc2sc(-c3ccc(Br)cc3)nn12. The van der Waals surface area contributed by atoms with Crippen LogP contribution in [-0.4, -0.2) is 224 Å². The standard InChI is InChI=1S/C25H30BN5O5S.C19H17BrN4O3S.C15H19BN4O2S.C11H14N4O3S.2C10H7BrN4S/c1-24(2)25(3,4)36-26(35-24)17-10-8-15(9-11-17)18(14-27)30-31-22(28-29-23(31)37)16-12-19(32-5)21(34-7)20(13-16)33-6;1-25-15-8-12(9-16(26-2)17(15)27-3)18-21-22-19-24(18)23-14(10-28-19)11-4-6-13(20)7-5-11;1-14(2)15(3,4)22-16(21-14)12-7-5-11(6-8-12)9-18-20-10-17-19-13(20)23;1-16-7-4-6(5-8(17-2)9(7)18-3)10-13-14-11(19)15(10)12;1-6-12-13-10-15(6)14-9(16-10)7-2-4-8(11)5-3-7;11-8-3-1-7(2-4-8)9-5-16-10-13-12-6-15(10)14-9/h8-13,18,30H,1-7H3,(H,29,37);4-9H,10H2,1-3H3;5-10H,1-4H3,(H,19,23);4-5H,12H2,1-3H3,(H,14,19);2-5H,1H3;1-4,6H,5H2/b;;18-9-;;;. The van der Waals surface area contributed by atoms with Crippen molar-refractivity contribution in [3.8, 4) is 103 Å². The largest absolute Gasteiger partial charge is 0.494 e. The van der Waals surface area contributed by atoms with Crippen LogP contribution in [0.4, 0.5) is 0 Å². The first kappa shape index (κ1) is 102. The Morgan fingerprint density at radius 1 is 0.504 bits per heavy atom. The number of hydrogen-bond acceptors (Lipinski definition) is 35. The highest BCUT2D eigenvalue weighted by Gasteiger charge is 2.53. The number of nitrogens with two attached hydrogens (primary N) is 1. The molecule has 0 spiro atoms. The number of ether oxygens (including phenoxy) is 9. The second kappa shape index (κ2) is 44.8. The summed E-state index contributed by atoms with van der Waals surface area (Å²) in [4.78, 5) is 0.829. The third-order valence-electron chi connectivity index (χ3n) is 22.5. The molecule has 1 atom stereocenters. The first-order valence-electron chi connectivity index (χ1n) is 42.1. The summed E-state index contributed by atoms with van der Waals surface area (Å²) in [5.74, 6) is 14.3. The number of fused-ring (bicyclic) bond motifs is 3. The van der Waals surface area contributed by atoms with Gasteiger partial charge in [-0.1, -0.05) is 168 Å². The molecule has 0 saturated carbocycles. The van der Waals surface area contributed by atoms with Gasteiger partial charge in [0.2, 0.25) is 46.8 Å². The number of thioether (sulfide) groups is 2. The molecular formula is C90H94B2Br3N25O13S6. The van der Waals surface area contributed by atoms with Crippen LogP contribution in [0, 0.1) is 32.6 Å². The van der Waals surface area contributed by atoms with Gasteiger partial charge < -0.3 is 67.1 Å². The van der Waals surface area contributed by atoms with E-state index in [-0.39, 0.29) is 23.1 Å². The van der Waals surface area contributed by atoms with Crippen molar-refractivity contribution in [3.05, 3.63) is 226 Å². The highest BCUT2D eigenvalue weighted by Crippen LogP contribution is 2.46. The van der Waals surface area contributed by atoms with Crippen LogP contribution in [0.1, 0.15) is 89.5 Å². The maximum atomic E-state index is 9.98. The van der Waals surface area contributed by atoms with E-state index in [1.165, 1.54) is 48.3 Å². The highest BCUT2D eigenvalue weighted by atomic mass is 79.9. The Labute approximate surface area is 852 Å². The van der Waals surface area contributed by atoms with Gasteiger partial charge in [-0.3, -0.25) is 10.5 Å². The van der Waals surface area contributed by atoms with Crippen molar-refractivity contribution >= 4 is 167 Å². The molecule has 0 bridgehead atoms. The zero-order valence-electron chi connectivity index (χ0n) is 78.3. The molecule has 0 radical (unpaired) electrons. The lowest BCUT2D eigenvalue weighted by Crippen LogP contribution is -2.41. The molecule has 38 nitrogen and oxygen atoms in total. The zero-order chi connectivity index (χ0) is 99.4. The zero-order valence-corrected chi connectivity index (χ0v) is 88.0. The van der Waals surface area contributed by atoms with Crippen LogP contribution in [0.2, 0.25) is 0 Å². The number of methoxy groups -OCH3 is 9. The lowest BCUT2D eigenvalue weighted by Gasteiger charge is -2.32. The van der Waals surface area contributed by atoms with Crippen LogP contribution in [0.15, 0.2) is 209 Å². The third-order valence-corrected chi connectivity index (χ3v) is 27.7. The molecule has 4 aliphatic rings. The molecule has 4 aliphatic heterocycles. The minimum atomic E-state index is -0.725. The molecular weight excluding hydrogens is 2090 g/mol. The van der Waals surface area contributed by atoms with Crippen LogP contribution >= 0.6 is 119 Å². The molecule has 49 heteroatoms. The van der Waals surface area contributed by atoms with E-state index in [0.717, 1.165) is 107 Å². The van der Waals surface area contributed by atoms with Crippen LogP contribution < -0.4 is 64.8 Å². The molecule has 1 unspecified atom stereocenters. The Hall–Kier alpha value is -12.4. The molecule has 0 aliphatic carbocycles. The van der Waals surface area contributed by atoms with E-state index in [2.05, 4.69) is 148 Å². The number of rotatable bonds is 22. The maximum absolute atomic E-state index is 9.98. The van der Waals surface area contributed by atoms with E-state index in [0.29, 0.717) is 89.9 Å². The quantitative estimate of drug-likeness (QED) is 0.0182. The molecule has 15 aromatic rings. The predicted octanol–water partition coefficient (Wildman–Crippen LogP) is 16.6. The molecule has 720 valence electrons. The number of nitrogens with zero attached hydrogens (tertiary/aromatic N) is 20. The molecule has 0 amide bonds. The Bertz CT molecular complexity index is 7100. The minimum Gasteiger partial charge on any atom is -0.493 e. The van der Waals surface area contributed by atoms with Gasteiger partial charge in [-0.2, -0.15) is 59.5 Å². The second-order valence-corrected chi connectivity index (χ2v) is 39.0. The summed E-state index contributed by atoms with van der Waals surface area (Å²) in [5.41, 5.74) is 12.6. The number of aromatic amines is 3. The number of nitriles is 1. The predicted molar refractivity (Wildman–Crippen MR) is 553 cm³/mol. The average molecular weight is 2190 g/mol. The van der Waals surface area contributed by atoms with Gasteiger partial charge >= 0.3 is 14.2 Å². The van der Waals surface area contributed by atoms with E-state index in [1.54, 1.807) is 122 Å². The molecule has 8 aromatic carbocycles. The van der Waals surface area contributed by atoms with Crippen molar-refractivity contribution in [1.82, 2.24) is 94.2 Å². The first-order chi connectivity index (χ1) is 66.6. The van der Waals surface area contributed by atoms with E-state index in [1.807, 2.05) is 184 Å². The topological polar surface area (TPSA) is 424 Å². The molecule has 2 fully saturated rings. The summed E-state index contributed by atoms with van der Waals surface area (Å²) < 4.78 is 86.6. The van der Waals surface area contributed by atoms with Crippen molar-refractivity contribution in [2.45, 2.75) is 101 Å². The Morgan fingerprint density at radius 2 is 0.942 bits per heavy atom. The normalized spacial score (nSPS) is 14.6. The average Bonchev–Trinajstić information content (AvgIpc) is 1.54. The molecule has 19 rings (SSSR count). The van der Waals surface area contributed by atoms with Crippen molar-refractivity contribution in [2.75, 3.05) is 86.8 Å². The Kier molecular flexibility index (Phi) is 33.0. The van der Waals surface area contributed by atoms with Gasteiger partial charge in [0.25, 0.3) is 0 Å². The molecule has 7 aromatic heterocycles. The minimum absolute atomic E-state index is 0.290. The number of hydrogen-bond donors (Lipinski definition) is 5. The van der Waals surface area contributed by atoms with Crippen LogP contribution in [0.3, 0.4) is 0 Å². The second-order valence-electron chi connectivity index (χ2n) is 32.2. The van der Waals surface area contributed by atoms with E-state index >= 15 is 0 Å². The maximum Gasteiger partial charge on any atom is 0.494 e. The number of nitrogen functional groups attached to an aromatic ring is 1.